The van der Waals surface area contributed by atoms with Gasteiger partial charge in [-0.3, -0.25) is 0 Å². The highest BCUT2D eigenvalue weighted by Crippen LogP contribution is 2.39. The number of aromatic amines is 1. The van der Waals surface area contributed by atoms with Crippen molar-refractivity contribution in [2.24, 2.45) is 5.41 Å². The zero-order valence-corrected chi connectivity index (χ0v) is 18.1. The van der Waals surface area contributed by atoms with Crippen molar-refractivity contribution in [2.75, 3.05) is 37.6 Å². The van der Waals surface area contributed by atoms with Gasteiger partial charge in [-0.25, -0.2) is 4.98 Å². The Hall–Kier alpha value is -1.98. The zero-order chi connectivity index (χ0) is 20.0. The van der Waals surface area contributed by atoms with E-state index in [1.807, 2.05) is 0 Å². The standard InChI is InChI=1S/C23H30ClN5/c1-15-5-9-26-21(24)19(15)22-27-18-12-17(11-16(2)20(18)28-22)29-10-4-7-23(14-29)6-3-8-25-13-23/h5,11-12,25-26H,3-4,6-10,13-14H2,1-2H3,(H,27,28). The van der Waals surface area contributed by atoms with Gasteiger partial charge >= 0.3 is 0 Å². The quantitative estimate of drug-likeness (QED) is 0.645. The van der Waals surface area contributed by atoms with Crippen molar-refractivity contribution in [3.8, 4) is 0 Å². The largest absolute Gasteiger partial charge is 0.372 e. The minimum Gasteiger partial charge on any atom is -0.372 e. The second kappa shape index (κ2) is 7.37. The smallest absolute Gasteiger partial charge is 0.141 e. The minimum atomic E-state index is 0.437. The van der Waals surface area contributed by atoms with Crippen molar-refractivity contribution >= 4 is 33.9 Å². The van der Waals surface area contributed by atoms with E-state index in [4.69, 9.17) is 16.6 Å². The highest BCUT2D eigenvalue weighted by molar-refractivity contribution is 6.33. The second-order valence-corrected chi connectivity index (χ2v) is 9.38. The molecule has 29 heavy (non-hydrogen) atoms. The molecule has 5 rings (SSSR count). The predicted molar refractivity (Wildman–Crippen MR) is 121 cm³/mol. The number of piperidine rings is 2. The summed E-state index contributed by atoms with van der Waals surface area (Å²) in [7, 11) is 0. The van der Waals surface area contributed by atoms with Gasteiger partial charge in [0, 0.05) is 37.3 Å². The van der Waals surface area contributed by atoms with Crippen LogP contribution in [-0.4, -0.2) is 42.7 Å². The van der Waals surface area contributed by atoms with Gasteiger partial charge < -0.3 is 20.5 Å². The third-order valence-corrected chi connectivity index (χ3v) is 7.19. The van der Waals surface area contributed by atoms with Gasteiger partial charge in [0.1, 0.15) is 11.0 Å². The summed E-state index contributed by atoms with van der Waals surface area (Å²) < 4.78 is 0. The maximum absolute atomic E-state index is 6.47. The van der Waals surface area contributed by atoms with Crippen LogP contribution in [0.3, 0.4) is 0 Å². The molecule has 5 nitrogen and oxygen atoms in total. The maximum Gasteiger partial charge on any atom is 0.141 e. The number of nitrogens with zero attached hydrogens (tertiary/aromatic N) is 2. The highest BCUT2D eigenvalue weighted by atomic mass is 35.5. The molecule has 0 aliphatic carbocycles. The molecule has 2 fully saturated rings. The molecule has 6 heteroatoms. The van der Waals surface area contributed by atoms with Crippen LogP contribution in [0.4, 0.5) is 5.69 Å². The minimum absolute atomic E-state index is 0.437. The molecular weight excluding hydrogens is 382 g/mol. The van der Waals surface area contributed by atoms with E-state index < -0.39 is 0 Å². The van der Waals surface area contributed by atoms with Crippen molar-refractivity contribution in [3.63, 3.8) is 0 Å². The summed E-state index contributed by atoms with van der Waals surface area (Å²) in [6, 6.07) is 4.58. The van der Waals surface area contributed by atoms with Crippen LogP contribution in [0.2, 0.25) is 0 Å². The normalized spacial score (nSPS) is 25.5. The number of allylic oxidation sites excluding steroid dienone is 2. The predicted octanol–water partition coefficient (Wildman–Crippen LogP) is 4.30. The van der Waals surface area contributed by atoms with Gasteiger partial charge in [-0.2, -0.15) is 0 Å². The average Bonchev–Trinajstić information content (AvgIpc) is 3.13. The topological polar surface area (TPSA) is 56.0 Å². The number of anilines is 1. The molecule has 1 spiro atoms. The molecular formula is C23H30ClN5. The van der Waals surface area contributed by atoms with E-state index in [9.17, 15) is 0 Å². The fourth-order valence-electron chi connectivity index (χ4n) is 5.33. The average molecular weight is 412 g/mol. The van der Waals surface area contributed by atoms with Gasteiger partial charge in [-0.15, -0.1) is 0 Å². The molecule has 4 heterocycles. The monoisotopic (exact) mass is 411 g/mol. The molecule has 0 bridgehead atoms. The summed E-state index contributed by atoms with van der Waals surface area (Å²) in [5, 5.41) is 7.52. The Morgan fingerprint density at radius 1 is 1.17 bits per heavy atom. The number of hydrogen-bond donors (Lipinski definition) is 3. The molecule has 1 aromatic heterocycles. The van der Waals surface area contributed by atoms with Gasteiger partial charge in [-0.1, -0.05) is 17.7 Å². The number of benzene rings is 1. The molecule has 3 N–H and O–H groups in total. The van der Waals surface area contributed by atoms with Crippen LogP contribution >= 0.6 is 11.6 Å². The zero-order valence-electron chi connectivity index (χ0n) is 17.4. The lowest BCUT2D eigenvalue weighted by atomic mass is 9.74. The van der Waals surface area contributed by atoms with E-state index in [1.165, 1.54) is 43.5 Å². The molecule has 2 saturated heterocycles. The number of aromatic nitrogens is 2. The summed E-state index contributed by atoms with van der Waals surface area (Å²) >= 11 is 6.47. The third kappa shape index (κ3) is 3.44. The van der Waals surface area contributed by atoms with Gasteiger partial charge in [0.25, 0.3) is 0 Å². The van der Waals surface area contributed by atoms with E-state index in [2.05, 4.69) is 52.6 Å². The molecule has 1 aromatic carbocycles. The van der Waals surface area contributed by atoms with Crippen LogP contribution in [0.15, 0.2) is 28.9 Å². The summed E-state index contributed by atoms with van der Waals surface area (Å²) in [4.78, 5) is 11.0. The van der Waals surface area contributed by atoms with E-state index in [-0.39, 0.29) is 0 Å². The summed E-state index contributed by atoms with van der Waals surface area (Å²) in [5.74, 6) is 0.845. The van der Waals surface area contributed by atoms with Crippen molar-refractivity contribution < 1.29 is 0 Å². The van der Waals surface area contributed by atoms with Crippen molar-refractivity contribution in [1.82, 2.24) is 20.6 Å². The first-order chi connectivity index (χ1) is 14.0. The Morgan fingerprint density at radius 2 is 2.03 bits per heavy atom. The van der Waals surface area contributed by atoms with Crippen LogP contribution in [0.5, 0.6) is 0 Å². The summed E-state index contributed by atoms with van der Waals surface area (Å²) in [6.45, 7) is 9.63. The Balaban J connectivity index is 1.49. The molecule has 0 amide bonds. The van der Waals surface area contributed by atoms with E-state index in [1.54, 1.807) is 0 Å². The number of hydrogen-bond acceptors (Lipinski definition) is 4. The maximum atomic E-state index is 6.47. The van der Waals surface area contributed by atoms with Gasteiger partial charge in [0.05, 0.1) is 16.6 Å². The van der Waals surface area contributed by atoms with E-state index in [0.29, 0.717) is 10.6 Å². The van der Waals surface area contributed by atoms with Gasteiger partial charge in [0.2, 0.25) is 0 Å². The first kappa shape index (κ1) is 19.0. The van der Waals surface area contributed by atoms with Crippen LogP contribution in [0.25, 0.3) is 16.6 Å². The molecule has 0 saturated carbocycles. The SMILES string of the molecule is CC1=CCNC(Cl)=C1c1nc2c(C)cc(N3CCCC4(CCCNC4)C3)cc2[nH]1. The fourth-order valence-corrected chi connectivity index (χ4v) is 5.64. The first-order valence-corrected chi connectivity index (χ1v) is 11.2. The third-order valence-electron chi connectivity index (χ3n) is 6.87. The van der Waals surface area contributed by atoms with E-state index >= 15 is 0 Å². The number of H-pyrrole nitrogens is 1. The number of aryl methyl sites for hydroxylation is 1. The molecule has 3 aliphatic heterocycles. The van der Waals surface area contributed by atoms with Crippen molar-refractivity contribution in [1.29, 1.82) is 0 Å². The molecule has 2 aromatic rings. The Bertz CT molecular complexity index is 991. The van der Waals surface area contributed by atoms with Crippen molar-refractivity contribution in [2.45, 2.75) is 39.5 Å². The molecule has 1 atom stereocenters. The number of rotatable bonds is 2. The van der Waals surface area contributed by atoms with Crippen LogP contribution in [-0.2, 0) is 0 Å². The first-order valence-electron chi connectivity index (χ1n) is 10.8. The number of fused-ring (bicyclic) bond motifs is 1. The second-order valence-electron chi connectivity index (χ2n) is 9.01. The van der Waals surface area contributed by atoms with Crippen molar-refractivity contribution in [3.05, 3.63) is 40.3 Å². The van der Waals surface area contributed by atoms with Gasteiger partial charge in [-0.05, 0) is 69.3 Å². The number of halogens is 1. The molecule has 0 radical (unpaired) electrons. The molecule has 3 aliphatic rings. The van der Waals surface area contributed by atoms with Gasteiger partial charge in [0.15, 0.2) is 0 Å². The number of imidazole rings is 1. The van der Waals surface area contributed by atoms with E-state index in [0.717, 1.165) is 54.2 Å². The lowest BCUT2D eigenvalue weighted by Crippen LogP contribution is -2.51. The molecule has 154 valence electrons. The summed E-state index contributed by atoms with van der Waals surface area (Å²) in [5.41, 5.74) is 7.21. The lowest BCUT2D eigenvalue weighted by molar-refractivity contribution is 0.173. The Labute approximate surface area is 177 Å². The Kier molecular flexibility index (Phi) is 4.83. The summed E-state index contributed by atoms with van der Waals surface area (Å²) in [6.07, 6.45) is 7.41. The van der Waals surface area contributed by atoms with Crippen LogP contribution < -0.4 is 15.5 Å². The van der Waals surface area contributed by atoms with Crippen LogP contribution in [0.1, 0.15) is 44.0 Å². The Morgan fingerprint density at radius 3 is 2.83 bits per heavy atom. The fraction of sp³-hybridized carbons (Fsp3) is 0.522. The van der Waals surface area contributed by atoms with Crippen LogP contribution in [0, 0.1) is 12.3 Å². The number of dihydropyridines is 1. The molecule has 1 unspecified atom stereocenters. The highest BCUT2D eigenvalue weighted by Gasteiger charge is 2.36. The lowest BCUT2D eigenvalue weighted by Gasteiger charge is -2.46. The number of nitrogens with one attached hydrogen (secondary N) is 3.